The number of hydrogen-bond acceptors (Lipinski definition) is 5. The fourth-order valence-corrected chi connectivity index (χ4v) is 3.66. The second-order valence-corrected chi connectivity index (χ2v) is 7.08. The van der Waals surface area contributed by atoms with Gasteiger partial charge in [-0.2, -0.15) is 4.98 Å². The molecule has 0 bridgehead atoms. The van der Waals surface area contributed by atoms with Crippen molar-refractivity contribution in [2.24, 2.45) is 0 Å². The largest absolute Gasteiger partial charge is 0.493 e. The van der Waals surface area contributed by atoms with Gasteiger partial charge < -0.3 is 14.5 Å². The summed E-state index contributed by atoms with van der Waals surface area (Å²) in [6.07, 6.45) is 3.27. The smallest absolute Gasteiger partial charge is 0.225 e. The lowest BCUT2D eigenvalue weighted by molar-refractivity contribution is 0.0682. The molecule has 2 aromatic rings. The number of hydrogen-bond donors (Lipinski definition) is 0. The van der Waals surface area contributed by atoms with Gasteiger partial charge in [0.25, 0.3) is 0 Å². The van der Waals surface area contributed by atoms with E-state index in [0.29, 0.717) is 12.4 Å². The normalized spacial score (nSPS) is 16.2. The van der Waals surface area contributed by atoms with E-state index in [1.165, 1.54) is 7.11 Å². The molecule has 136 valence electrons. The van der Waals surface area contributed by atoms with Gasteiger partial charge in [0, 0.05) is 25.2 Å². The highest BCUT2D eigenvalue weighted by Crippen LogP contribution is 2.40. The number of halogens is 3. The summed E-state index contributed by atoms with van der Waals surface area (Å²) < 4.78 is 33.6. The zero-order valence-electron chi connectivity index (χ0n) is 14.7. The van der Waals surface area contributed by atoms with Crippen LogP contribution >= 0.6 is 11.6 Å². The van der Waals surface area contributed by atoms with E-state index >= 15 is 0 Å². The Labute approximate surface area is 150 Å². The van der Waals surface area contributed by atoms with Crippen LogP contribution in [0, 0.1) is 11.6 Å². The Hall–Kier alpha value is -1.73. The molecule has 1 aromatic carbocycles. The molecular weight excluding hydrogens is 350 g/mol. The Morgan fingerprint density at radius 2 is 1.88 bits per heavy atom. The minimum absolute atomic E-state index is 0.0115. The van der Waals surface area contributed by atoms with Crippen LogP contribution in [-0.4, -0.2) is 55.2 Å². The fourth-order valence-electron chi connectivity index (χ4n) is 3.49. The number of ether oxygens (including phenoxy) is 1. The molecular formula is C17H21ClF2N4O. The van der Waals surface area contributed by atoms with Gasteiger partial charge >= 0.3 is 0 Å². The number of anilines is 1. The van der Waals surface area contributed by atoms with Crippen LogP contribution in [0.4, 0.5) is 14.6 Å². The van der Waals surface area contributed by atoms with Crippen molar-refractivity contribution in [3.63, 3.8) is 0 Å². The minimum Gasteiger partial charge on any atom is -0.493 e. The molecule has 0 saturated heterocycles. The fraction of sp³-hybridized carbons (Fsp3) is 0.529. The summed E-state index contributed by atoms with van der Waals surface area (Å²) in [6.45, 7) is 0.656. The van der Waals surface area contributed by atoms with Crippen LogP contribution in [0.25, 0.3) is 10.9 Å². The summed E-state index contributed by atoms with van der Waals surface area (Å²) >= 11 is 6.00. The highest BCUT2D eigenvalue weighted by atomic mass is 35.5. The summed E-state index contributed by atoms with van der Waals surface area (Å²) in [5.74, 6) is -1.31. The van der Waals surface area contributed by atoms with Crippen molar-refractivity contribution in [3.8, 4) is 5.75 Å². The molecule has 0 radical (unpaired) electrons. The van der Waals surface area contributed by atoms with Gasteiger partial charge in [-0.25, -0.2) is 13.8 Å². The molecule has 0 amide bonds. The quantitative estimate of drug-likeness (QED) is 0.754. The average molecular weight is 371 g/mol. The Balaban J connectivity index is 2.15. The van der Waals surface area contributed by atoms with Crippen LogP contribution in [0.15, 0.2) is 6.07 Å². The van der Waals surface area contributed by atoms with Gasteiger partial charge in [0.1, 0.15) is 11.3 Å². The van der Waals surface area contributed by atoms with Crippen molar-refractivity contribution in [2.75, 3.05) is 39.7 Å². The number of benzene rings is 1. The molecule has 1 aliphatic carbocycles. The van der Waals surface area contributed by atoms with E-state index in [1.54, 1.807) is 0 Å². The molecule has 1 fully saturated rings. The number of nitrogens with zero attached hydrogens (tertiary/aromatic N) is 4. The zero-order chi connectivity index (χ0) is 18.4. The van der Waals surface area contributed by atoms with Crippen molar-refractivity contribution in [3.05, 3.63) is 23.0 Å². The first-order valence-corrected chi connectivity index (χ1v) is 8.44. The molecule has 3 rings (SSSR count). The standard InChI is InChI=1S/C17H21ClF2N4O/c1-23(2)17(6-5-7-17)9-24(3)15-12-13(21-16(18)22-15)10(19)8-11(20)14(12)25-4/h8H,5-7,9H2,1-4H3. The lowest BCUT2D eigenvalue weighted by Crippen LogP contribution is -2.56. The second kappa shape index (κ2) is 6.53. The van der Waals surface area contributed by atoms with Gasteiger partial charge in [-0.05, 0) is 45.0 Å². The molecule has 1 saturated carbocycles. The Morgan fingerprint density at radius 1 is 1.20 bits per heavy atom. The molecule has 0 spiro atoms. The van der Waals surface area contributed by atoms with Crippen molar-refractivity contribution in [1.29, 1.82) is 0 Å². The van der Waals surface area contributed by atoms with Crippen molar-refractivity contribution in [1.82, 2.24) is 14.9 Å². The Kier molecular flexibility index (Phi) is 4.72. The third-order valence-corrected chi connectivity index (χ3v) is 5.29. The number of rotatable bonds is 5. The van der Waals surface area contributed by atoms with E-state index in [9.17, 15) is 8.78 Å². The van der Waals surface area contributed by atoms with Gasteiger partial charge in [-0.1, -0.05) is 0 Å². The predicted octanol–water partition coefficient (Wildman–Crippen LogP) is 3.49. The number of fused-ring (bicyclic) bond motifs is 1. The van der Waals surface area contributed by atoms with E-state index in [-0.39, 0.29) is 27.5 Å². The van der Waals surface area contributed by atoms with Crippen molar-refractivity contribution < 1.29 is 13.5 Å². The molecule has 5 nitrogen and oxygen atoms in total. The first-order chi connectivity index (χ1) is 11.8. The average Bonchev–Trinajstić information content (AvgIpc) is 2.50. The molecule has 8 heteroatoms. The maximum Gasteiger partial charge on any atom is 0.225 e. The number of aromatic nitrogens is 2. The van der Waals surface area contributed by atoms with Gasteiger partial charge in [0.05, 0.1) is 12.5 Å². The van der Waals surface area contributed by atoms with E-state index in [0.717, 1.165) is 25.3 Å². The first-order valence-electron chi connectivity index (χ1n) is 8.07. The van der Waals surface area contributed by atoms with Gasteiger partial charge in [0.15, 0.2) is 17.4 Å². The maximum absolute atomic E-state index is 14.3. The third kappa shape index (κ3) is 3.00. The lowest BCUT2D eigenvalue weighted by Gasteiger charge is -2.49. The van der Waals surface area contributed by atoms with Gasteiger partial charge in [-0.3, -0.25) is 0 Å². The highest BCUT2D eigenvalue weighted by molar-refractivity contribution is 6.29. The lowest BCUT2D eigenvalue weighted by atomic mass is 9.75. The van der Waals surface area contributed by atoms with Crippen LogP contribution in [-0.2, 0) is 0 Å². The Bertz CT molecular complexity index is 811. The van der Waals surface area contributed by atoms with Crippen LogP contribution < -0.4 is 9.64 Å². The maximum atomic E-state index is 14.3. The zero-order valence-corrected chi connectivity index (χ0v) is 15.5. The molecule has 0 aliphatic heterocycles. The van der Waals surface area contributed by atoms with E-state index in [2.05, 4.69) is 14.9 Å². The van der Waals surface area contributed by atoms with E-state index in [4.69, 9.17) is 16.3 Å². The van der Waals surface area contributed by atoms with Crippen LogP contribution in [0.5, 0.6) is 5.75 Å². The minimum atomic E-state index is -0.793. The molecule has 1 aromatic heterocycles. The number of likely N-dealkylation sites (N-methyl/N-ethyl adjacent to an activating group) is 2. The third-order valence-electron chi connectivity index (χ3n) is 5.12. The predicted molar refractivity (Wildman–Crippen MR) is 94.6 cm³/mol. The molecule has 1 aliphatic rings. The number of methoxy groups -OCH3 is 1. The monoisotopic (exact) mass is 370 g/mol. The van der Waals surface area contributed by atoms with Crippen molar-refractivity contribution >= 4 is 28.3 Å². The summed E-state index contributed by atoms with van der Waals surface area (Å²) in [7, 11) is 7.25. The van der Waals surface area contributed by atoms with Gasteiger partial charge in [0.2, 0.25) is 5.28 Å². The molecule has 25 heavy (non-hydrogen) atoms. The highest BCUT2D eigenvalue weighted by Gasteiger charge is 2.40. The molecule has 1 heterocycles. The SMILES string of the molecule is COc1c(F)cc(F)c2nc(Cl)nc(N(C)CC3(N(C)C)CCC3)c12. The summed E-state index contributed by atoms with van der Waals surface area (Å²) in [5, 5.41) is 0.106. The Morgan fingerprint density at radius 3 is 2.40 bits per heavy atom. The molecule has 0 atom stereocenters. The summed E-state index contributed by atoms with van der Waals surface area (Å²) in [4.78, 5) is 12.2. The summed E-state index contributed by atoms with van der Waals surface area (Å²) in [6, 6.07) is 0.752. The van der Waals surface area contributed by atoms with E-state index in [1.807, 2.05) is 26.0 Å². The topological polar surface area (TPSA) is 41.5 Å². The summed E-state index contributed by atoms with van der Waals surface area (Å²) in [5.41, 5.74) is -0.0370. The molecule has 0 N–H and O–H groups in total. The van der Waals surface area contributed by atoms with E-state index < -0.39 is 11.6 Å². The first kappa shape index (κ1) is 18.1. The second-order valence-electron chi connectivity index (χ2n) is 6.74. The van der Waals surface area contributed by atoms with Crippen LogP contribution in [0.2, 0.25) is 5.28 Å². The van der Waals surface area contributed by atoms with Crippen LogP contribution in [0.1, 0.15) is 19.3 Å². The van der Waals surface area contributed by atoms with Crippen LogP contribution in [0.3, 0.4) is 0 Å². The molecule has 0 unspecified atom stereocenters. The van der Waals surface area contributed by atoms with Gasteiger partial charge in [-0.15, -0.1) is 0 Å². The van der Waals surface area contributed by atoms with Crippen molar-refractivity contribution in [2.45, 2.75) is 24.8 Å².